The standard InChI is InChI=1S/C48H29N3O2/c1-2-6-37-30(5-1)11-12-33-17-22-36(27-42(33)37)51(34-18-13-31(14-19-34)38-7-3-9-40-43-28-49-25-23-45(43)52-47(38)40)35-20-15-32(16-21-35)39-8-4-10-41-44-29-50-26-24-46(44)53-48(39)41/h1-29H. The first-order valence-corrected chi connectivity index (χ1v) is 17.7. The Hall–Kier alpha value is -7.24. The SMILES string of the molecule is c1ccc2c(c1)ccc1ccc(N(c3ccc(-c4cccc5c4oc4ccncc45)cc3)c3ccc(-c4cccc5c4oc4ccncc45)cc3)cc12. The van der Waals surface area contributed by atoms with E-state index in [-0.39, 0.29) is 0 Å². The molecule has 0 spiro atoms. The quantitative estimate of drug-likeness (QED) is 0.169. The number of anilines is 3. The van der Waals surface area contributed by atoms with Crippen LogP contribution in [-0.4, -0.2) is 9.97 Å². The normalized spacial score (nSPS) is 11.8. The van der Waals surface area contributed by atoms with Crippen molar-refractivity contribution in [1.29, 1.82) is 0 Å². The number of rotatable bonds is 5. The predicted molar refractivity (Wildman–Crippen MR) is 217 cm³/mol. The molecule has 7 aromatic carbocycles. The summed E-state index contributed by atoms with van der Waals surface area (Å²) in [5, 5.41) is 9.06. The van der Waals surface area contributed by atoms with Crippen LogP contribution in [0, 0.1) is 0 Å². The van der Waals surface area contributed by atoms with E-state index in [0.29, 0.717) is 0 Å². The van der Waals surface area contributed by atoms with Crippen molar-refractivity contribution in [2.45, 2.75) is 0 Å². The van der Waals surface area contributed by atoms with Crippen molar-refractivity contribution in [2.75, 3.05) is 4.90 Å². The van der Waals surface area contributed by atoms with Crippen molar-refractivity contribution in [1.82, 2.24) is 9.97 Å². The molecule has 4 heterocycles. The third-order valence-corrected chi connectivity index (χ3v) is 10.5. The average Bonchev–Trinajstić information content (AvgIpc) is 3.80. The summed E-state index contributed by atoms with van der Waals surface area (Å²) in [6, 6.07) is 53.7. The number of hydrogen-bond acceptors (Lipinski definition) is 5. The van der Waals surface area contributed by atoms with Gasteiger partial charge >= 0.3 is 0 Å². The van der Waals surface area contributed by atoms with Gasteiger partial charge in [0, 0.05) is 74.5 Å². The van der Waals surface area contributed by atoms with Crippen molar-refractivity contribution in [3.05, 3.63) is 176 Å². The van der Waals surface area contributed by atoms with Crippen LogP contribution in [0.2, 0.25) is 0 Å². The largest absolute Gasteiger partial charge is 0.455 e. The molecule has 0 radical (unpaired) electrons. The Morgan fingerprint density at radius 3 is 1.45 bits per heavy atom. The van der Waals surface area contributed by atoms with E-state index in [4.69, 9.17) is 8.83 Å². The van der Waals surface area contributed by atoms with E-state index in [1.165, 1.54) is 21.5 Å². The van der Waals surface area contributed by atoms with Gasteiger partial charge in [0.15, 0.2) is 0 Å². The van der Waals surface area contributed by atoms with Crippen LogP contribution in [0.25, 0.3) is 87.7 Å². The monoisotopic (exact) mass is 679 g/mol. The number of hydrogen-bond donors (Lipinski definition) is 0. The maximum Gasteiger partial charge on any atom is 0.143 e. The molecule has 248 valence electrons. The van der Waals surface area contributed by atoms with Crippen LogP contribution in [0.4, 0.5) is 17.1 Å². The van der Waals surface area contributed by atoms with Gasteiger partial charge in [-0.15, -0.1) is 0 Å². The first-order chi connectivity index (χ1) is 26.3. The minimum absolute atomic E-state index is 0.839. The van der Waals surface area contributed by atoms with Crippen LogP contribution in [0.3, 0.4) is 0 Å². The van der Waals surface area contributed by atoms with Gasteiger partial charge in [0.05, 0.1) is 0 Å². The summed E-state index contributed by atoms with van der Waals surface area (Å²) in [4.78, 5) is 11.0. The lowest BCUT2D eigenvalue weighted by Crippen LogP contribution is -2.09. The highest BCUT2D eigenvalue weighted by Gasteiger charge is 2.18. The van der Waals surface area contributed by atoms with Crippen LogP contribution < -0.4 is 4.90 Å². The second-order valence-electron chi connectivity index (χ2n) is 13.4. The Kier molecular flexibility index (Phi) is 6.48. The molecule has 0 saturated heterocycles. The fraction of sp³-hybridized carbons (Fsp3) is 0. The average molecular weight is 680 g/mol. The number of fused-ring (bicyclic) bond motifs is 9. The molecule has 0 bridgehead atoms. The Morgan fingerprint density at radius 1 is 0.377 bits per heavy atom. The summed E-state index contributed by atoms with van der Waals surface area (Å²) in [7, 11) is 0. The Labute approximate surface area is 304 Å². The summed E-state index contributed by atoms with van der Waals surface area (Å²) in [5.74, 6) is 0. The lowest BCUT2D eigenvalue weighted by molar-refractivity contribution is 0.669. The number of aromatic nitrogens is 2. The molecule has 11 aromatic rings. The van der Waals surface area contributed by atoms with Crippen molar-refractivity contribution in [3.8, 4) is 22.3 Å². The highest BCUT2D eigenvalue weighted by atomic mass is 16.3. The summed E-state index contributed by atoms with van der Waals surface area (Å²) >= 11 is 0. The molecular weight excluding hydrogens is 651 g/mol. The Morgan fingerprint density at radius 2 is 0.868 bits per heavy atom. The molecule has 0 atom stereocenters. The van der Waals surface area contributed by atoms with Crippen LogP contribution in [0.15, 0.2) is 185 Å². The van der Waals surface area contributed by atoms with Crippen LogP contribution in [0.1, 0.15) is 0 Å². The van der Waals surface area contributed by atoms with Crippen molar-refractivity contribution >= 4 is 82.5 Å². The molecule has 0 fully saturated rings. The summed E-state index contributed by atoms with van der Waals surface area (Å²) in [6.45, 7) is 0. The minimum Gasteiger partial charge on any atom is -0.455 e. The van der Waals surface area contributed by atoms with Gasteiger partial charge in [-0.2, -0.15) is 0 Å². The molecule has 53 heavy (non-hydrogen) atoms. The van der Waals surface area contributed by atoms with Gasteiger partial charge in [-0.05, 0) is 81.2 Å². The lowest BCUT2D eigenvalue weighted by Gasteiger charge is -2.26. The van der Waals surface area contributed by atoms with Crippen molar-refractivity contribution in [3.63, 3.8) is 0 Å². The highest BCUT2D eigenvalue weighted by molar-refractivity contribution is 6.11. The fourth-order valence-corrected chi connectivity index (χ4v) is 7.90. The highest BCUT2D eigenvalue weighted by Crippen LogP contribution is 2.42. The van der Waals surface area contributed by atoms with Gasteiger partial charge in [-0.1, -0.05) is 103 Å². The van der Waals surface area contributed by atoms with Crippen molar-refractivity contribution < 1.29 is 8.83 Å². The zero-order valence-corrected chi connectivity index (χ0v) is 28.4. The topological polar surface area (TPSA) is 55.3 Å². The number of pyridine rings is 2. The smallest absolute Gasteiger partial charge is 0.143 e. The van der Waals surface area contributed by atoms with Gasteiger partial charge < -0.3 is 13.7 Å². The molecule has 5 nitrogen and oxygen atoms in total. The third-order valence-electron chi connectivity index (χ3n) is 10.5. The van der Waals surface area contributed by atoms with E-state index in [1.807, 2.05) is 24.5 Å². The fourth-order valence-electron chi connectivity index (χ4n) is 7.90. The predicted octanol–water partition coefficient (Wildman–Crippen LogP) is 13.4. The lowest BCUT2D eigenvalue weighted by atomic mass is 9.99. The van der Waals surface area contributed by atoms with Gasteiger partial charge in [0.1, 0.15) is 22.3 Å². The molecule has 0 saturated carbocycles. The van der Waals surface area contributed by atoms with Gasteiger partial charge in [-0.3, -0.25) is 9.97 Å². The summed E-state index contributed by atoms with van der Waals surface area (Å²) in [6.07, 6.45) is 7.29. The number of para-hydroxylation sites is 2. The number of nitrogens with zero attached hydrogens (tertiary/aromatic N) is 3. The molecule has 0 aliphatic rings. The number of furan rings is 2. The maximum absolute atomic E-state index is 6.36. The van der Waals surface area contributed by atoms with Gasteiger partial charge in [0.2, 0.25) is 0 Å². The molecular formula is C48H29N3O2. The molecule has 0 N–H and O–H groups in total. The molecule has 0 aliphatic heterocycles. The van der Waals surface area contributed by atoms with Crippen LogP contribution in [-0.2, 0) is 0 Å². The van der Waals surface area contributed by atoms with E-state index in [2.05, 4.69) is 154 Å². The second kappa shape index (κ2) is 11.7. The maximum atomic E-state index is 6.36. The molecule has 0 unspecified atom stereocenters. The first-order valence-electron chi connectivity index (χ1n) is 17.7. The molecule has 11 rings (SSSR count). The Balaban J connectivity index is 1.05. The molecule has 0 aliphatic carbocycles. The van der Waals surface area contributed by atoms with Gasteiger partial charge in [-0.25, -0.2) is 0 Å². The molecule has 5 heteroatoms. The van der Waals surface area contributed by atoms with Crippen molar-refractivity contribution in [2.24, 2.45) is 0 Å². The number of benzene rings is 7. The minimum atomic E-state index is 0.839. The van der Waals surface area contributed by atoms with E-state index in [0.717, 1.165) is 83.2 Å². The molecule has 0 amide bonds. The zero-order valence-electron chi connectivity index (χ0n) is 28.4. The Bertz CT molecular complexity index is 3020. The summed E-state index contributed by atoms with van der Waals surface area (Å²) < 4.78 is 12.7. The van der Waals surface area contributed by atoms with E-state index in [9.17, 15) is 0 Å². The van der Waals surface area contributed by atoms with E-state index >= 15 is 0 Å². The van der Waals surface area contributed by atoms with Crippen LogP contribution >= 0.6 is 0 Å². The van der Waals surface area contributed by atoms with Gasteiger partial charge in [0.25, 0.3) is 0 Å². The van der Waals surface area contributed by atoms with E-state index < -0.39 is 0 Å². The molecule has 4 aromatic heterocycles. The second-order valence-corrected chi connectivity index (χ2v) is 13.4. The zero-order chi connectivity index (χ0) is 34.9. The van der Waals surface area contributed by atoms with E-state index in [1.54, 1.807) is 12.4 Å². The third kappa shape index (κ3) is 4.71. The first kappa shape index (κ1) is 29.5. The van der Waals surface area contributed by atoms with Crippen LogP contribution in [0.5, 0.6) is 0 Å². The summed E-state index contributed by atoms with van der Waals surface area (Å²) in [5.41, 5.74) is 10.9.